The van der Waals surface area contributed by atoms with Crippen LogP contribution in [-0.4, -0.2) is 27.5 Å². The molecular weight excluding hydrogens is 346 g/mol. The monoisotopic (exact) mass is 359 g/mol. The van der Waals surface area contributed by atoms with Crippen LogP contribution in [0.25, 0.3) is 22.1 Å². The molecule has 5 nitrogen and oxygen atoms in total. The number of halogens is 1. The van der Waals surface area contributed by atoms with Crippen LogP contribution in [0.4, 0.5) is 0 Å². The predicted molar refractivity (Wildman–Crippen MR) is 94.3 cm³/mol. The van der Waals surface area contributed by atoms with Crippen molar-refractivity contribution in [3.8, 4) is 22.1 Å². The molecule has 0 aliphatic heterocycles. The maximum Gasteiger partial charge on any atom is 0.342 e. The first kappa shape index (κ1) is 16.5. The maximum atomic E-state index is 12.4. The minimum atomic E-state index is -0.462. The summed E-state index contributed by atoms with van der Waals surface area (Å²) >= 11 is 7.75. The third-order valence-electron chi connectivity index (χ3n) is 3.32. The van der Waals surface area contributed by atoms with Crippen molar-refractivity contribution in [2.45, 2.75) is 13.8 Å². The van der Waals surface area contributed by atoms with Crippen LogP contribution in [0.1, 0.15) is 23.0 Å². The second-order valence-corrected chi connectivity index (χ2v) is 6.20. The molecule has 2 aromatic heterocycles. The smallest absolute Gasteiger partial charge is 0.342 e. The Labute approximate surface area is 148 Å². The Balaban J connectivity index is 2.26. The summed E-state index contributed by atoms with van der Waals surface area (Å²) in [6, 6.07) is 7.24. The molecule has 122 valence electrons. The van der Waals surface area contributed by atoms with Gasteiger partial charge in [-0.2, -0.15) is 0 Å². The number of rotatable bonds is 4. The van der Waals surface area contributed by atoms with Crippen LogP contribution in [-0.2, 0) is 4.74 Å². The quantitative estimate of drug-likeness (QED) is 0.646. The average Bonchev–Trinajstić information content (AvgIpc) is 3.09. The lowest BCUT2D eigenvalue weighted by Crippen LogP contribution is -2.12. The topological polar surface area (TPSA) is 65.0 Å². The Morgan fingerprint density at radius 1 is 1.29 bits per heavy atom. The van der Waals surface area contributed by atoms with E-state index < -0.39 is 5.97 Å². The molecule has 0 fully saturated rings. The molecular formula is C17H14ClN3O2S. The summed E-state index contributed by atoms with van der Waals surface area (Å²) in [5, 5.41) is 3.04. The number of aryl methyl sites for hydroxylation is 1. The van der Waals surface area contributed by atoms with Crippen molar-refractivity contribution in [1.82, 2.24) is 15.0 Å². The van der Waals surface area contributed by atoms with Gasteiger partial charge in [-0.3, -0.25) is 0 Å². The van der Waals surface area contributed by atoms with Gasteiger partial charge in [-0.1, -0.05) is 29.8 Å². The van der Waals surface area contributed by atoms with E-state index in [4.69, 9.17) is 16.3 Å². The molecule has 3 aromatic rings. The number of ether oxygens (including phenoxy) is 1. The van der Waals surface area contributed by atoms with E-state index >= 15 is 0 Å². The van der Waals surface area contributed by atoms with E-state index in [9.17, 15) is 4.79 Å². The molecule has 2 heterocycles. The highest BCUT2D eigenvalue weighted by Gasteiger charge is 2.23. The zero-order valence-electron chi connectivity index (χ0n) is 13.1. The van der Waals surface area contributed by atoms with E-state index in [0.717, 1.165) is 0 Å². The lowest BCUT2D eigenvalue weighted by Gasteiger charge is -2.13. The Morgan fingerprint density at radius 3 is 2.75 bits per heavy atom. The largest absolute Gasteiger partial charge is 0.462 e. The molecule has 0 N–H and O–H groups in total. The van der Waals surface area contributed by atoms with Crippen molar-refractivity contribution in [2.24, 2.45) is 0 Å². The van der Waals surface area contributed by atoms with Crippen LogP contribution in [0.2, 0.25) is 5.02 Å². The number of benzene rings is 1. The standard InChI is InChI=1S/C17H14ClN3O2S/c1-3-23-17(22)13-10(2)20-15(16-19-8-9-24-16)21-14(13)11-6-4-5-7-12(11)18/h4-9H,3H2,1-2H3. The van der Waals surface area contributed by atoms with Gasteiger partial charge < -0.3 is 4.74 Å². The molecule has 24 heavy (non-hydrogen) atoms. The molecule has 0 amide bonds. The molecule has 0 aliphatic rings. The van der Waals surface area contributed by atoms with Gasteiger partial charge in [-0.25, -0.2) is 19.7 Å². The fourth-order valence-corrected chi connectivity index (χ4v) is 3.09. The summed E-state index contributed by atoms with van der Waals surface area (Å²) in [6.07, 6.45) is 1.69. The Kier molecular flexibility index (Phi) is 4.87. The van der Waals surface area contributed by atoms with E-state index in [0.29, 0.717) is 38.4 Å². The number of hydrogen-bond acceptors (Lipinski definition) is 6. The van der Waals surface area contributed by atoms with Crippen LogP contribution in [0.5, 0.6) is 0 Å². The fourth-order valence-electron chi connectivity index (χ4n) is 2.30. The van der Waals surface area contributed by atoms with Gasteiger partial charge in [0.05, 0.1) is 18.0 Å². The molecule has 0 radical (unpaired) electrons. The van der Waals surface area contributed by atoms with E-state index in [1.807, 2.05) is 23.6 Å². The Hall–Kier alpha value is -2.31. The summed E-state index contributed by atoms with van der Waals surface area (Å²) in [7, 11) is 0. The number of thiazole rings is 1. The van der Waals surface area contributed by atoms with Crippen molar-refractivity contribution < 1.29 is 9.53 Å². The van der Waals surface area contributed by atoms with E-state index in [1.165, 1.54) is 11.3 Å². The van der Waals surface area contributed by atoms with Gasteiger partial charge in [0.1, 0.15) is 5.56 Å². The molecule has 0 spiro atoms. The maximum absolute atomic E-state index is 12.4. The molecule has 0 unspecified atom stereocenters. The Morgan fingerprint density at radius 2 is 2.08 bits per heavy atom. The number of aromatic nitrogens is 3. The fraction of sp³-hybridized carbons (Fsp3) is 0.176. The third kappa shape index (κ3) is 3.16. The van der Waals surface area contributed by atoms with Crippen LogP contribution < -0.4 is 0 Å². The summed E-state index contributed by atoms with van der Waals surface area (Å²) in [5.41, 5.74) is 1.97. The van der Waals surface area contributed by atoms with Crippen molar-refractivity contribution in [3.63, 3.8) is 0 Å². The first-order valence-corrected chi connectivity index (χ1v) is 8.58. The molecule has 1 aromatic carbocycles. The van der Waals surface area contributed by atoms with E-state index in [1.54, 1.807) is 26.1 Å². The average molecular weight is 360 g/mol. The number of carbonyl (C=O) groups excluding carboxylic acids is 1. The first-order valence-electron chi connectivity index (χ1n) is 7.32. The van der Waals surface area contributed by atoms with Crippen LogP contribution >= 0.6 is 22.9 Å². The summed E-state index contributed by atoms with van der Waals surface area (Å²) in [6.45, 7) is 3.78. The van der Waals surface area contributed by atoms with Gasteiger partial charge in [0.2, 0.25) is 0 Å². The van der Waals surface area contributed by atoms with Crippen molar-refractivity contribution in [3.05, 3.63) is 52.1 Å². The molecule has 0 saturated carbocycles. The van der Waals surface area contributed by atoms with Gasteiger partial charge >= 0.3 is 5.97 Å². The second kappa shape index (κ2) is 7.07. The number of hydrogen-bond donors (Lipinski definition) is 0. The normalized spacial score (nSPS) is 10.6. The van der Waals surface area contributed by atoms with Crippen LogP contribution in [0, 0.1) is 6.92 Å². The lowest BCUT2D eigenvalue weighted by molar-refractivity contribution is 0.0525. The van der Waals surface area contributed by atoms with Gasteiger partial charge in [0.15, 0.2) is 10.8 Å². The van der Waals surface area contributed by atoms with Crippen LogP contribution in [0.3, 0.4) is 0 Å². The van der Waals surface area contributed by atoms with Gasteiger partial charge in [0, 0.05) is 22.2 Å². The van der Waals surface area contributed by atoms with E-state index in [2.05, 4.69) is 15.0 Å². The molecule has 7 heteroatoms. The molecule has 3 rings (SSSR count). The molecule has 0 atom stereocenters. The highest BCUT2D eigenvalue weighted by atomic mass is 35.5. The number of nitrogens with zero attached hydrogens (tertiary/aromatic N) is 3. The SMILES string of the molecule is CCOC(=O)c1c(C)nc(-c2nccs2)nc1-c1ccccc1Cl. The van der Waals surface area contributed by atoms with E-state index in [-0.39, 0.29) is 6.61 Å². The highest BCUT2D eigenvalue weighted by molar-refractivity contribution is 7.13. The summed E-state index contributed by atoms with van der Waals surface area (Å²) in [5.74, 6) is 0.000997. The van der Waals surface area contributed by atoms with Crippen molar-refractivity contribution in [2.75, 3.05) is 6.61 Å². The number of esters is 1. The third-order valence-corrected chi connectivity index (χ3v) is 4.42. The molecule has 0 saturated heterocycles. The van der Waals surface area contributed by atoms with Crippen LogP contribution in [0.15, 0.2) is 35.8 Å². The van der Waals surface area contributed by atoms with Gasteiger partial charge in [-0.05, 0) is 19.9 Å². The first-order chi connectivity index (χ1) is 11.6. The summed E-state index contributed by atoms with van der Waals surface area (Å²) in [4.78, 5) is 25.6. The highest BCUT2D eigenvalue weighted by Crippen LogP contribution is 2.32. The zero-order chi connectivity index (χ0) is 17.1. The van der Waals surface area contributed by atoms with Gasteiger partial charge in [-0.15, -0.1) is 11.3 Å². The minimum absolute atomic E-state index is 0.272. The van der Waals surface area contributed by atoms with Crippen molar-refractivity contribution >= 4 is 28.9 Å². The zero-order valence-corrected chi connectivity index (χ0v) is 14.7. The molecule has 0 bridgehead atoms. The lowest BCUT2D eigenvalue weighted by atomic mass is 10.0. The Bertz CT molecular complexity index is 882. The van der Waals surface area contributed by atoms with Crippen molar-refractivity contribution in [1.29, 1.82) is 0 Å². The predicted octanol–water partition coefficient (Wildman–Crippen LogP) is 4.41. The minimum Gasteiger partial charge on any atom is -0.462 e. The molecule has 0 aliphatic carbocycles. The number of carbonyl (C=O) groups is 1. The second-order valence-electron chi connectivity index (χ2n) is 4.89. The van der Waals surface area contributed by atoms with Gasteiger partial charge in [0.25, 0.3) is 0 Å². The summed E-state index contributed by atoms with van der Waals surface area (Å²) < 4.78 is 5.17.